The second kappa shape index (κ2) is 4.01. The Morgan fingerprint density at radius 1 is 1.50 bits per heavy atom. The average Bonchev–Trinajstić information content (AvgIpc) is 2.70. The molecule has 0 aliphatic carbocycles. The van der Waals surface area contributed by atoms with Crippen molar-refractivity contribution in [2.24, 2.45) is 0 Å². The fraction of sp³-hybridized carbons (Fsp3) is 0.100. The van der Waals surface area contributed by atoms with E-state index >= 15 is 0 Å². The number of carbonyl (C=O) groups excluding carboxylic acids is 1. The van der Waals surface area contributed by atoms with Crippen LogP contribution in [0, 0.1) is 0 Å². The van der Waals surface area contributed by atoms with Crippen molar-refractivity contribution in [2.75, 3.05) is 7.11 Å². The quantitative estimate of drug-likeness (QED) is 0.530. The monoisotopic (exact) mass is 220 g/mol. The summed E-state index contributed by atoms with van der Waals surface area (Å²) in [5.74, 6) is -0.287. The Labute approximate surface area is 90.7 Å². The van der Waals surface area contributed by atoms with E-state index < -0.39 is 5.95 Å². The third-order valence-electron chi connectivity index (χ3n) is 2.07. The molecule has 0 saturated carbocycles. The fourth-order valence-electron chi connectivity index (χ4n) is 1.33. The van der Waals surface area contributed by atoms with Gasteiger partial charge in [0.15, 0.2) is 11.7 Å². The van der Waals surface area contributed by atoms with Gasteiger partial charge in [0.25, 0.3) is 5.69 Å². The summed E-state index contributed by atoms with van der Waals surface area (Å²) in [7, 11) is 1.48. The van der Waals surface area contributed by atoms with Crippen LogP contribution >= 0.6 is 0 Å². The Hall–Kier alpha value is -2.37. The van der Waals surface area contributed by atoms with Crippen LogP contribution in [0.25, 0.3) is 5.69 Å². The predicted molar refractivity (Wildman–Crippen MR) is 49.4 cm³/mol. The summed E-state index contributed by atoms with van der Waals surface area (Å²) in [4.78, 5) is 10.7. The average molecular weight is 220 g/mol. The van der Waals surface area contributed by atoms with E-state index in [1.54, 1.807) is 24.3 Å². The lowest BCUT2D eigenvalue weighted by Crippen LogP contribution is -2.37. The molecule has 0 radical (unpaired) electrons. The maximum atomic E-state index is 11.1. The molecular weight excluding hydrogens is 212 g/mol. The van der Waals surface area contributed by atoms with Crippen LogP contribution in [-0.4, -0.2) is 18.7 Å². The molecule has 2 aromatic rings. The summed E-state index contributed by atoms with van der Waals surface area (Å²) in [5, 5.41) is 14.6. The molecule has 0 atom stereocenters. The molecule has 0 aliphatic rings. The number of ether oxygens (including phenoxy) is 1. The lowest BCUT2D eigenvalue weighted by Gasteiger charge is -1.99. The highest BCUT2D eigenvalue weighted by Crippen LogP contribution is 2.18. The van der Waals surface area contributed by atoms with Gasteiger partial charge in [-0.1, -0.05) is 12.1 Å². The van der Waals surface area contributed by atoms with Gasteiger partial charge in [0.2, 0.25) is 6.29 Å². The van der Waals surface area contributed by atoms with Gasteiger partial charge in [-0.25, -0.2) is 0 Å². The normalized spacial score (nSPS) is 10.1. The zero-order valence-corrected chi connectivity index (χ0v) is 8.41. The minimum absolute atomic E-state index is 0.176. The fourth-order valence-corrected chi connectivity index (χ4v) is 1.33. The molecule has 1 aromatic carbocycles. The zero-order chi connectivity index (χ0) is 11.5. The van der Waals surface area contributed by atoms with Crippen LogP contribution in [-0.2, 0) is 0 Å². The first-order valence-electron chi connectivity index (χ1n) is 4.45. The Morgan fingerprint density at radius 2 is 2.25 bits per heavy atom. The first-order valence-corrected chi connectivity index (χ1v) is 4.45. The number of carbonyl (C=O) groups is 1. The second-order valence-corrected chi connectivity index (χ2v) is 2.95. The summed E-state index contributed by atoms with van der Waals surface area (Å²) in [5.41, 5.74) is 0.294. The van der Waals surface area contributed by atoms with Crippen LogP contribution in [0.5, 0.6) is 11.7 Å². The van der Waals surface area contributed by atoms with Crippen LogP contribution in [0.3, 0.4) is 0 Å². The maximum absolute atomic E-state index is 11.1. The molecule has 1 aromatic heterocycles. The Balaban J connectivity index is 2.62. The molecule has 0 bridgehead atoms. The number of methoxy groups -OCH3 is 1. The minimum atomic E-state index is -0.777. The first-order chi connectivity index (χ1) is 7.77. The van der Waals surface area contributed by atoms with E-state index in [1.165, 1.54) is 7.11 Å². The van der Waals surface area contributed by atoms with Gasteiger partial charge in [0.1, 0.15) is 0 Å². The van der Waals surface area contributed by atoms with E-state index in [1.807, 2.05) is 0 Å². The molecule has 0 fully saturated rings. The maximum Gasteiger partial charge on any atom is 0.303 e. The van der Waals surface area contributed by atoms with Gasteiger partial charge in [-0.15, -0.1) is 0 Å². The number of rotatable bonds is 3. The van der Waals surface area contributed by atoms with Crippen molar-refractivity contribution in [2.45, 2.75) is 0 Å². The molecule has 82 valence electrons. The van der Waals surface area contributed by atoms with Gasteiger partial charge in [0, 0.05) is 6.07 Å². The van der Waals surface area contributed by atoms with Crippen molar-refractivity contribution in [3.05, 3.63) is 30.0 Å². The van der Waals surface area contributed by atoms with E-state index in [0.29, 0.717) is 17.7 Å². The zero-order valence-electron chi connectivity index (χ0n) is 8.41. The third-order valence-corrected chi connectivity index (χ3v) is 2.07. The molecule has 0 N–H and O–H groups in total. The molecule has 0 spiro atoms. The van der Waals surface area contributed by atoms with E-state index in [-0.39, 0.29) is 5.69 Å². The first kappa shape index (κ1) is 10.2. The summed E-state index contributed by atoms with van der Waals surface area (Å²) in [6.45, 7) is 0. The van der Waals surface area contributed by atoms with Crippen LogP contribution < -0.4 is 14.5 Å². The molecular formula is C10H8N2O4. The largest absolute Gasteiger partial charge is 0.539 e. The summed E-state index contributed by atoms with van der Waals surface area (Å²) < 4.78 is 10.6. The van der Waals surface area contributed by atoms with Gasteiger partial charge >= 0.3 is 5.69 Å². The number of benzene rings is 1. The van der Waals surface area contributed by atoms with Gasteiger partial charge in [-0.05, 0) is 10.7 Å². The third kappa shape index (κ3) is 1.50. The lowest BCUT2D eigenvalue weighted by molar-refractivity contribution is -0.672. The molecule has 6 heteroatoms. The highest BCUT2D eigenvalue weighted by Gasteiger charge is 2.22. The Bertz CT molecular complexity index is 521. The van der Waals surface area contributed by atoms with E-state index in [0.717, 1.165) is 4.68 Å². The molecule has 1 heterocycles. The van der Waals surface area contributed by atoms with Crippen molar-refractivity contribution >= 4 is 6.29 Å². The van der Waals surface area contributed by atoms with Crippen LogP contribution in [0.15, 0.2) is 28.8 Å². The van der Waals surface area contributed by atoms with Crippen LogP contribution in [0.4, 0.5) is 0 Å². The molecule has 16 heavy (non-hydrogen) atoms. The number of aldehydes is 1. The molecule has 0 unspecified atom stereocenters. The van der Waals surface area contributed by atoms with Crippen molar-refractivity contribution in [3.63, 3.8) is 0 Å². The van der Waals surface area contributed by atoms with Gasteiger partial charge in [-0.2, -0.15) is 0 Å². The minimum Gasteiger partial charge on any atom is -0.539 e. The van der Waals surface area contributed by atoms with E-state index in [9.17, 15) is 9.90 Å². The molecule has 2 rings (SSSR count). The van der Waals surface area contributed by atoms with E-state index in [2.05, 4.69) is 9.79 Å². The highest BCUT2D eigenvalue weighted by molar-refractivity contribution is 5.72. The molecule has 0 saturated heterocycles. The number of hydrogen-bond donors (Lipinski definition) is 0. The number of nitrogens with zero attached hydrogens (tertiary/aromatic N) is 2. The Morgan fingerprint density at radius 3 is 2.94 bits per heavy atom. The number of aromatic nitrogens is 2. The van der Waals surface area contributed by atoms with Crippen molar-refractivity contribution in [3.8, 4) is 17.4 Å². The van der Waals surface area contributed by atoms with Crippen molar-refractivity contribution in [1.29, 1.82) is 0 Å². The topological polar surface area (TPSA) is 79.3 Å². The van der Waals surface area contributed by atoms with Gasteiger partial charge in [0.05, 0.1) is 12.4 Å². The van der Waals surface area contributed by atoms with Gasteiger partial charge in [-0.3, -0.25) is 4.79 Å². The smallest absolute Gasteiger partial charge is 0.303 e. The standard InChI is InChI=1S/C10H8N2O4/c1-15-9-5-3-2-4-7(9)12-8(6-13)10(14)16-11-12/h2-6H,1H3. The van der Waals surface area contributed by atoms with Crippen LogP contribution in [0.1, 0.15) is 10.5 Å². The number of para-hydroxylation sites is 2. The van der Waals surface area contributed by atoms with Crippen molar-refractivity contribution in [1.82, 2.24) is 5.27 Å². The molecule has 0 amide bonds. The predicted octanol–water partition coefficient (Wildman–Crippen LogP) is -0.154. The van der Waals surface area contributed by atoms with Gasteiger partial charge < -0.3 is 14.4 Å². The van der Waals surface area contributed by atoms with Crippen LogP contribution in [0.2, 0.25) is 0 Å². The second-order valence-electron chi connectivity index (χ2n) is 2.95. The van der Waals surface area contributed by atoms with Crippen molar-refractivity contribution < 1.29 is 23.8 Å². The lowest BCUT2D eigenvalue weighted by atomic mass is 10.3. The highest BCUT2D eigenvalue weighted by atomic mass is 16.6. The number of hydrogen-bond acceptors (Lipinski definition) is 5. The molecule has 6 nitrogen and oxygen atoms in total. The summed E-state index contributed by atoms with van der Waals surface area (Å²) in [6.07, 6.45) is 0.394. The Kier molecular flexibility index (Phi) is 2.55. The molecule has 0 aliphatic heterocycles. The van der Waals surface area contributed by atoms with E-state index in [4.69, 9.17) is 4.74 Å². The summed E-state index contributed by atoms with van der Waals surface area (Å²) in [6, 6.07) is 6.85. The summed E-state index contributed by atoms with van der Waals surface area (Å²) >= 11 is 0. The SMILES string of the molecule is COc1ccccc1-[n+]1noc([O-])c1C=O.